The summed E-state index contributed by atoms with van der Waals surface area (Å²) < 4.78 is 4.44. The molecule has 0 aliphatic rings. The first-order valence-corrected chi connectivity index (χ1v) is 4.28. The summed E-state index contributed by atoms with van der Waals surface area (Å²) in [5.74, 6) is -0.290. The molecule has 0 heterocycles. The SMILES string of the molecule is COC(=O)CC(Cl)CC(C)Cl. The van der Waals surface area contributed by atoms with Crippen LogP contribution in [0.15, 0.2) is 0 Å². The zero-order chi connectivity index (χ0) is 8.85. The second-order valence-electron chi connectivity index (χ2n) is 2.39. The monoisotopic (exact) mass is 198 g/mol. The molecule has 0 spiro atoms. The van der Waals surface area contributed by atoms with Crippen molar-refractivity contribution in [1.82, 2.24) is 0 Å². The summed E-state index contributed by atoms with van der Waals surface area (Å²) in [7, 11) is 1.34. The summed E-state index contributed by atoms with van der Waals surface area (Å²) in [4.78, 5) is 10.7. The molecular weight excluding hydrogens is 187 g/mol. The number of ether oxygens (including phenoxy) is 1. The number of alkyl halides is 2. The van der Waals surface area contributed by atoms with E-state index >= 15 is 0 Å². The highest BCUT2D eigenvalue weighted by molar-refractivity contribution is 6.24. The minimum absolute atomic E-state index is 0.00200. The Balaban J connectivity index is 3.51. The van der Waals surface area contributed by atoms with Crippen molar-refractivity contribution >= 4 is 29.2 Å². The number of rotatable bonds is 4. The van der Waals surface area contributed by atoms with Gasteiger partial charge in [-0.3, -0.25) is 4.79 Å². The molecule has 0 bridgehead atoms. The van der Waals surface area contributed by atoms with Crippen molar-refractivity contribution in [2.45, 2.75) is 30.5 Å². The molecule has 2 unspecified atom stereocenters. The molecule has 0 aliphatic carbocycles. The number of carbonyl (C=O) groups excluding carboxylic acids is 1. The Morgan fingerprint density at radius 2 is 2.09 bits per heavy atom. The largest absolute Gasteiger partial charge is 0.469 e. The van der Waals surface area contributed by atoms with Gasteiger partial charge in [-0.05, 0) is 13.3 Å². The highest BCUT2D eigenvalue weighted by Crippen LogP contribution is 2.13. The fraction of sp³-hybridized carbons (Fsp3) is 0.857. The van der Waals surface area contributed by atoms with Crippen molar-refractivity contribution in [1.29, 1.82) is 0 Å². The molecule has 0 saturated heterocycles. The van der Waals surface area contributed by atoms with Gasteiger partial charge in [-0.25, -0.2) is 0 Å². The van der Waals surface area contributed by atoms with Crippen LogP contribution >= 0.6 is 23.2 Å². The molecule has 66 valence electrons. The molecule has 0 N–H and O–H groups in total. The van der Waals surface area contributed by atoms with Crippen LogP contribution in [-0.4, -0.2) is 23.8 Å². The molecule has 0 saturated carbocycles. The molecule has 0 fully saturated rings. The molecule has 0 aliphatic heterocycles. The molecule has 2 nitrogen and oxygen atoms in total. The summed E-state index contributed by atoms with van der Waals surface area (Å²) in [6.07, 6.45) is 0.854. The quantitative estimate of drug-likeness (QED) is 0.512. The lowest BCUT2D eigenvalue weighted by Crippen LogP contribution is -2.12. The number of carbonyl (C=O) groups is 1. The summed E-state index contributed by atoms with van der Waals surface area (Å²) in [6, 6.07) is 0. The highest BCUT2D eigenvalue weighted by Gasteiger charge is 2.13. The summed E-state index contributed by atoms with van der Waals surface area (Å²) >= 11 is 11.4. The van der Waals surface area contributed by atoms with Gasteiger partial charge >= 0.3 is 5.97 Å². The fourth-order valence-electron chi connectivity index (χ4n) is 0.700. The second-order valence-corrected chi connectivity index (χ2v) is 3.76. The van der Waals surface area contributed by atoms with Crippen LogP contribution in [0.4, 0.5) is 0 Å². The Morgan fingerprint density at radius 3 is 2.45 bits per heavy atom. The molecule has 0 rings (SSSR count). The molecule has 11 heavy (non-hydrogen) atoms. The van der Waals surface area contributed by atoms with Crippen molar-refractivity contribution in [3.63, 3.8) is 0 Å². The maximum absolute atomic E-state index is 10.7. The van der Waals surface area contributed by atoms with E-state index in [4.69, 9.17) is 23.2 Å². The molecule has 0 aromatic rings. The van der Waals surface area contributed by atoms with Gasteiger partial charge in [0.25, 0.3) is 0 Å². The fourth-order valence-corrected chi connectivity index (χ4v) is 1.40. The normalized spacial score (nSPS) is 15.6. The molecule has 0 amide bonds. The predicted molar refractivity (Wildman–Crippen MR) is 46.2 cm³/mol. The predicted octanol–water partition coefficient (Wildman–Crippen LogP) is 2.17. The van der Waals surface area contributed by atoms with E-state index in [1.54, 1.807) is 0 Å². The van der Waals surface area contributed by atoms with Crippen molar-refractivity contribution < 1.29 is 9.53 Å². The van der Waals surface area contributed by atoms with Crippen LogP contribution in [0.5, 0.6) is 0 Å². The average molecular weight is 199 g/mol. The van der Waals surface area contributed by atoms with E-state index in [1.807, 2.05) is 6.92 Å². The molecule has 2 atom stereocenters. The lowest BCUT2D eigenvalue weighted by atomic mass is 10.2. The summed E-state index contributed by atoms with van der Waals surface area (Å²) in [6.45, 7) is 1.84. The highest BCUT2D eigenvalue weighted by atomic mass is 35.5. The minimum Gasteiger partial charge on any atom is -0.469 e. The van der Waals surface area contributed by atoms with Crippen molar-refractivity contribution in [2.24, 2.45) is 0 Å². The number of methoxy groups -OCH3 is 1. The van der Waals surface area contributed by atoms with Crippen LogP contribution in [0.3, 0.4) is 0 Å². The molecule has 0 radical (unpaired) electrons. The second kappa shape index (κ2) is 5.67. The maximum Gasteiger partial charge on any atom is 0.307 e. The lowest BCUT2D eigenvalue weighted by molar-refractivity contribution is -0.140. The van der Waals surface area contributed by atoms with Gasteiger partial charge in [0.05, 0.1) is 13.5 Å². The zero-order valence-electron chi connectivity index (χ0n) is 6.64. The van der Waals surface area contributed by atoms with Crippen molar-refractivity contribution in [2.75, 3.05) is 7.11 Å². The van der Waals surface area contributed by atoms with E-state index in [1.165, 1.54) is 7.11 Å². The Labute approximate surface area is 76.8 Å². The Bertz CT molecular complexity index is 126. The van der Waals surface area contributed by atoms with Gasteiger partial charge < -0.3 is 4.74 Å². The van der Waals surface area contributed by atoms with Crippen molar-refractivity contribution in [3.8, 4) is 0 Å². The third-order valence-electron chi connectivity index (χ3n) is 1.20. The van der Waals surface area contributed by atoms with Crippen LogP contribution in [0.25, 0.3) is 0 Å². The number of hydrogen-bond acceptors (Lipinski definition) is 2. The molecule has 0 aromatic carbocycles. The number of halogens is 2. The summed E-state index contributed by atoms with van der Waals surface area (Å²) in [5.41, 5.74) is 0. The first kappa shape index (κ1) is 11.1. The van der Waals surface area contributed by atoms with Gasteiger partial charge in [0.15, 0.2) is 0 Å². The molecule has 4 heteroatoms. The van der Waals surface area contributed by atoms with E-state index in [-0.39, 0.29) is 23.1 Å². The first-order valence-electron chi connectivity index (χ1n) is 3.41. The average Bonchev–Trinajstić information content (AvgIpc) is 1.85. The van der Waals surface area contributed by atoms with E-state index in [9.17, 15) is 4.79 Å². The van der Waals surface area contributed by atoms with Crippen molar-refractivity contribution in [3.05, 3.63) is 0 Å². The zero-order valence-corrected chi connectivity index (χ0v) is 8.15. The van der Waals surface area contributed by atoms with E-state index in [0.29, 0.717) is 6.42 Å². The molecule has 0 aromatic heterocycles. The van der Waals surface area contributed by atoms with Gasteiger partial charge in [-0.1, -0.05) is 0 Å². The number of hydrogen-bond donors (Lipinski definition) is 0. The van der Waals surface area contributed by atoms with E-state index in [2.05, 4.69) is 4.74 Å². The van der Waals surface area contributed by atoms with E-state index < -0.39 is 0 Å². The van der Waals surface area contributed by atoms with Gasteiger partial charge in [0.1, 0.15) is 0 Å². The maximum atomic E-state index is 10.7. The Hall–Kier alpha value is 0.0500. The van der Waals surface area contributed by atoms with Gasteiger partial charge in [0.2, 0.25) is 0 Å². The standard InChI is InChI=1S/C7H12Cl2O2/c1-5(8)3-6(9)4-7(10)11-2/h5-6H,3-4H2,1-2H3. The summed E-state index contributed by atoms with van der Waals surface area (Å²) in [5, 5.41) is -0.211. The van der Waals surface area contributed by atoms with Crippen LogP contribution in [0.1, 0.15) is 19.8 Å². The third-order valence-corrected chi connectivity index (χ3v) is 1.71. The smallest absolute Gasteiger partial charge is 0.307 e. The van der Waals surface area contributed by atoms with Crippen LogP contribution in [0, 0.1) is 0 Å². The van der Waals surface area contributed by atoms with Crippen LogP contribution in [0.2, 0.25) is 0 Å². The first-order chi connectivity index (χ1) is 5.06. The van der Waals surface area contributed by atoms with Gasteiger partial charge in [-0.2, -0.15) is 0 Å². The topological polar surface area (TPSA) is 26.3 Å². The van der Waals surface area contributed by atoms with Crippen LogP contribution < -0.4 is 0 Å². The lowest BCUT2D eigenvalue weighted by Gasteiger charge is -2.08. The minimum atomic E-state index is -0.290. The van der Waals surface area contributed by atoms with Gasteiger partial charge in [-0.15, -0.1) is 23.2 Å². The van der Waals surface area contributed by atoms with E-state index in [0.717, 1.165) is 0 Å². The third kappa shape index (κ3) is 6.45. The Kier molecular flexibility index (Phi) is 5.69. The van der Waals surface area contributed by atoms with Crippen LogP contribution in [-0.2, 0) is 9.53 Å². The Morgan fingerprint density at radius 1 is 1.55 bits per heavy atom. The number of esters is 1. The van der Waals surface area contributed by atoms with Gasteiger partial charge in [0, 0.05) is 10.8 Å². The molecular formula is C7H12Cl2O2.